The van der Waals surface area contributed by atoms with Crippen LogP contribution in [0.5, 0.6) is 5.75 Å². The average molecular weight is 449 g/mol. The Hall–Kier alpha value is -3.43. The molecular formula is C23H17BrN2O3. The molecule has 0 spiro atoms. The van der Waals surface area contributed by atoms with Crippen molar-refractivity contribution in [3.63, 3.8) is 0 Å². The van der Waals surface area contributed by atoms with Crippen molar-refractivity contribution in [2.75, 3.05) is 0 Å². The Morgan fingerprint density at radius 2 is 1.83 bits per heavy atom. The monoisotopic (exact) mass is 448 g/mol. The first-order chi connectivity index (χ1) is 14.0. The average Bonchev–Trinajstić information content (AvgIpc) is 2.72. The number of nitro benzene ring substituents is 1. The SMILES string of the molecule is Cc1ccc(COc2ccc(Br)cc2/C=C(/C#N)c2ccc([N+](=O)[O-])cc2)cc1. The maximum Gasteiger partial charge on any atom is 0.269 e. The molecule has 0 radical (unpaired) electrons. The minimum absolute atomic E-state index is 0.0179. The minimum atomic E-state index is -0.467. The molecule has 144 valence electrons. The van der Waals surface area contributed by atoms with E-state index in [-0.39, 0.29) is 5.69 Å². The molecule has 3 aromatic rings. The molecule has 0 unspecified atom stereocenters. The lowest BCUT2D eigenvalue weighted by Gasteiger charge is -2.11. The third kappa shape index (κ3) is 5.31. The molecule has 29 heavy (non-hydrogen) atoms. The van der Waals surface area contributed by atoms with E-state index in [1.807, 2.05) is 49.4 Å². The van der Waals surface area contributed by atoms with Crippen molar-refractivity contribution in [3.8, 4) is 11.8 Å². The quantitative estimate of drug-likeness (QED) is 0.191. The van der Waals surface area contributed by atoms with Crippen LogP contribution < -0.4 is 4.74 Å². The van der Waals surface area contributed by atoms with E-state index in [1.165, 1.54) is 17.7 Å². The standard InChI is InChI=1S/C23H17BrN2O3/c1-16-2-4-17(5-3-16)15-29-23-11-8-21(24)13-19(23)12-20(14-25)18-6-9-22(10-7-18)26(27)28/h2-13H,15H2,1H3/b20-12-. The number of nitriles is 1. The second-order valence-electron chi connectivity index (χ2n) is 6.43. The predicted molar refractivity (Wildman–Crippen MR) is 116 cm³/mol. The largest absolute Gasteiger partial charge is 0.488 e. The summed E-state index contributed by atoms with van der Waals surface area (Å²) in [5.74, 6) is 0.642. The Bertz CT molecular complexity index is 1100. The molecule has 0 fully saturated rings. The number of nitro groups is 1. The third-order valence-corrected chi connectivity index (χ3v) is 4.79. The van der Waals surface area contributed by atoms with Gasteiger partial charge in [-0.1, -0.05) is 45.8 Å². The highest BCUT2D eigenvalue weighted by Gasteiger charge is 2.09. The second kappa shape index (κ2) is 9.18. The van der Waals surface area contributed by atoms with Crippen LogP contribution in [-0.2, 0) is 6.61 Å². The molecule has 0 amide bonds. The first kappa shape index (κ1) is 20.3. The van der Waals surface area contributed by atoms with Crippen LogP contribution >= 0.6 is 15.9 Å². The Morgan fingerprint density at radius 3 is 2.45 bits per heavy atom. The highest BCUT2D eigenvalue weighted by Crippen LogP contribution is 2.29. The summed E-state index contributed by atoms with van der Waals surface area (Å²) in [4.78, 5) is 10.4. The van der Waals surface area contributed by atoms with E-state index in [2.05, 4.69) is 22.0 Å². The lowest BCUT2D eigenvalue weighted by Crippen LogP contribution is -1.97. The third-order valence-electron chi connectivity index (χ3n) is 4.30. The maximum absolute atomic E-state index is 10.8. The van der Waals surface area contributed by atoms with Crippen LogP contribution in [0.3, 0.4) is 0 Å². The van der Waals surface area contributed by atoms with E-state index in [4.69, 9.17) is 4.74 Å². The van der Waals surface area contributed by atoms with Crippen LogP contribution in [0.25, 0.3) is 11.6 Å². The number of hydrogen-bond acceptors (Lipinski definition) is 4. The molecule has 3 rings (SSSR count). The van der Waals surface area contributed by atoms with Gasteiger partial charge >= 0.3 is 0 Å². The molecule has 5 nitrogen and oxygen atoms in total. The molecule has 0 saturated carbocycles. The van der Waals surface area contributed by atoms with Crippen LogP contribution in [0.15, 0.2) is 71.2 Å². The van der Waals surface area contributed by atoms with Crippen LogP contribution in [0.2, 0.25) is 0 Å². The molecule has 0 aromatic heterocycles. The zero-order valence-corrected chi connectivity index (χ0v) is 17.2. The first-order valence-electron chi connectivity index (χ1n) is 8.81. The van der Waals surface area contributed by atoms with Crippen molar-refractivity contribution < 1.29 is 9.66 Å². The Balaban J connectivity index is 1.89. The van der Waals surface area contributed by atoms with E-state index in [0.717, 1.165) is 15.6 Å². The Labute approximate surface area is 177 Å². The van der Waals surface area contributed by atoms with E-state index in [9.17, 15) is 15.4 Å². The number of hydrogen-bond donors (Lipinski definition) is 0. The van der Waals surface area contributed by atoms with Gasteiger partial charge in [-0.25, -0.2) is 0 Å². The second-order valence-corrected chi connectivity index (χ2v) is 7.35. The fourth-order valence-electron chi connectivity index (χ4n) is 2.71. The van der Waals surface area contributed by atoms with Gasteiger partial charge in [-0.15, -0.1) is 0 Å². The minimum Gasteiger partial charge on any atom is -0.488 e. The molecule has 0 aliphatic rings. The van der Waals surface area contributed by atoms with Crippen molar-refractivity contribution >= 4 is 33.3 Å². The van der Waals surface area contributed by atoms with Gasteiger partial charge in [0.05, 0.1) is 16.6 Å². The van der Waals surface area contributed by atoms with Gasteiger partial charge in [0, 0.05) is 22.2 Å². The molecule has 0 heterocycles. The van der Waals surface area contributed by atoms with Crippen molar-refractivity contribution in [3.05, 3.63) is 104 Å². The normalized spacial score (nSPS) is 11.0. The molecule has 0 N–H and O–H groups in total. The summed E-state index contributed by atoms with van der Waals surface area (Å²) < 4.78 is 6.84. The number of ether oxygens (including phenoxy) is 1. The van der Waals surface area contributed by atoms with Crippen molar-refractivity contribution in [2.45, 2.75) is 13.5 Å². The number of aryl methyl sites for hydroxylation is 1. The molecule has 0 aliphatic carbocycles. The van der Waals surface area contributed by atoms with Gasteiger partial charge < -0.3 is 4.74 Å². The highest BCUT2D eigenvalue weighted by molar-refractivity contribution is 9.10. The van der Waals surface area contributed by atoms with Gasteiger partial charge in [0.15, 0.2) is 0 Å². The molecular weight excluding hydrogens is 432 g/mol. The zero-order chi connectivity index (χ0) is 20.8. The molecule has 0 bridgehead atoms. The summed E-state index contributed by atoms with van der Waals surface area (Å²) in [7, 11) is 0. The van der Waals surface area contributed by atoms with Crippen molar-refractivity contribution in [1.82, 2.24) is 0 Å². The van der Waals surface area contributed by atoms with Crippen LogP contribution in [0.4, 0.5) is 5.69 Å². The number of nitrogens with zero attached hydrogens (tertiary/aromatic N) is 2. The summed E-state index contributed by atoms with van der Waals surface area (Å²) in [6.07, 6.45) is 1.72. The van der Waals surface area contributed by atoms with Gasteiger partial charge in [0.25, 0.3) is 5.69 Å². The lowest BCUT2D eigenvalue weighted by molar-refractivity contribution is -0.384. The van der Waals surface area contributed by atoms with Gasteiger partial charge in [0.2, 0.25) is 0 Å². The summed E-state index contributed by atoms with van der Waals surface area (Å²) in [5, 5.41) is 20.4. The van der Waals surface area contributed by atoms with Crippen molar-refractivity contribution in [2.24, 2.45) is 0 Å². The maximum atomic E-state index is 10.8. The molecule has 0 saturated heterocycles. The molecule has 0 atom stereocenters. The molecule has 3 aromatic carbocycles. The van der Waals surface area contributed by atoms with E-state index in [1.54, 1.807) is 18.2 Å². The van der Waals surface area contributed by atoms with Gasteiger partial charge in [-0.05, 0) is 54.5 Å². The van der Waals surface area contributed by atoms with Crippen LogP contribution in [0.1, 0.15) is 22.3 Å². The fraction of sp³-hybridized carbons (Fsp3) is 0.0870. The Kier molecular flexibility index (Phi) is 6.43. The van der Waals surface area contributed by atoms with Crippen molar-refractivity contribution in [1.29, 1.82) is 5.26 Å². The number of rotatable bonds is 6. The smallest absolute Gasteiger partial charge is 0.269 e. The van der Waals surface area contributed by atoms with Gasteiger partial charge in [0.1, 0.15) is 12.4 Å². The Morgan fingerprint density at radius 1 is 1.14 bits per heavy atom. The highest BCUT2D eigenvalue weighted by atomic mass is 79.9. The van der Waals surface area contributed by atoms with E-state index < -0.39 is 4.92 Å². The van der Waals surface area contributed by atoms with E-state index >= 15 is 0 Å². The molecule has 6 heteroatoms. The summed E-state index contributed by atoms with van der Waals surface area (Å²) in [6.45, 7) is 2.44. The van der Waals surface area contributed by atoms with E-state index in [0.29, 0.717) is 23.5 Å². The molecule has 0 aliphatic heterocycles. The number of allylic oxidation sites excluding steroid dienone is 1. The van der Waals surface area contributed by atoms with Crippen LogP contribution in [-0.4, -0.2) is 4.92 Å². The zero-order valence-electron chi connectivity index (χ0n) is 15.6. The van der Waals surface area contributed by atoms with Gasteiger partial charge in [-0.3, -0.25) is 10.1 Å². The predicted octanol–water partition coefficient (Wildman–Crippen LogP) is 6.31. The topological polar surface area (TPSA) is 76.2 Å². The fourth-order valence-corrected chi connectivity index (χ4v) is 3.09. The first-order valence-corrected chi connectivity index (χ1v) is 9.60. The summed E-state index contributed by atoms with van der Waals surface area (Å²) in [5.41, 5.74) is 3.94. The summed E-state index contributed by atoms with van der Waals surface area (Å²) >= 11 is 3.45. The number of benzene rings is 3. The number of halogens is 1. The summed E-state index contributed by atoms with van der Waals surface area (Å²) in [6, 6.07) is 21.7. The lowest BCUT2D eigenvalue weighted by atomic mass is 10.0. The van der Waals surface area contributed by atoms with Gasteiger partial charge in [-0.2, -0.15) is 5.26 Å². The number of non-ortho nitro benzene ring substituents is 1. The van der Waals surface area contributed by atoms with Crippen LogP contribution in [0, 0.1) is 28.4 Å².